The molecule has 0 bridgehead atoms. The Kier molecular flexibility index (Phi) is 2.87. The minimum absolute atomic E-state index is 0.478. The monoisotopic (exact) mass is 220 g/mol. The molecule has 1 aliphatic carbocycles. The molecule has 16 heavy (non-hydrogen) atoms. The number of aromatic nitrogens is 2. The SMILES string of the molecule is Cc1nn(C2CCC(C)(C)CC2)cc1C=O. The van der Waals surface area contributed by atoms with Crippen LogP contribution in [0.15, 0.2) is 6.20 Å². The molecule has 0 spiro atoms. The highest BCUT2D eigenvalue weighted by Crippen LogP contribution is 2.39. The predicted molar refractivity (Wildman–Crippen MR) is 63.6 cm³/mol. The molecule has 1 aliphatic rings. The van der Waals surface area contributed by atoms with E-state index in [1.807, 2.05) is 17.8 Å². The zero-order valence-electron chi connectivity index (χ0n) is 10.4. The van der Waals surface area contributed by atoms with Gasteiger partial charge < -0.3 is 0 Å². The van der Waals surface area contributed by atoms with E-state index >= 15 is 0 Å². The zero-order valence-corrected chi connectivity index (χ0v) is 10.4. The highest BCUT2D eigenvalue weighted by atomic mass is 16.1. The Labute approximate surface area is 96.8 Å². The summed E-state index contributed by atoms with van der Waals surface area (Å²) in [5.74, 6) is 0. The minimum atomic E-state index is 0.478. The molecule has 0 aliphatic heterocycles. The van der Waals surface area contributed by atoms with Crippen molar-refractivity contribution in [2.45, 2.75) is 52.5 Å². The lowest BCUT2D eigenvalue weighted by Gasteiger charge is -2.34. The molecule has 0 unspecified atom stereocenters. The van der Waals surface area contributed by atoms with E-state index in [1.165, 1.54) is 25.7 Å². The molecular weight excluding hydrogens is 200 g/mol. The van der Waals surface area contributed by atoms with Crippen molar-refractivity contribution in [2.24, 2.45) is 5.41 Å². The molecule has 1 aromatic rings. The fraction of sp³-hybridized carbons (Fsp3) is 0.692. The second-order valence-electron chi connectivity index (χ2n) is 5.66. The number of hydrogen-bond acceptors (Lipinski definition) is 2. The van der Waals surface area contributed by atoms with Crippen molar-refractivity contribution in [3.8, 4) is 0 Å². The maximum absolute atomic E-state index is 10.8. The van der Waals surface area contributed by atoms with Crippen LogP contribution in [-0.4, -0.2) is 16.1 Å². The third-order valence-electron chi connectivity index (χ3n) is 3.76. The lowest BCUT2D eigenvalue weighted by Crippen LogP contribution is -2.23. The maximum atomic E-state index is 10.8. The summed E-state index contributed by atoms with van der Waals surface area (Å²) in [5.41, 5.74) is 2.05. The number of carbonyl (C=O) groups is 1. The predicted octanol–water partition coefficient (Wildman–Crippen LogP) is 3.15. The van der Waals surface area contributed by atoms with Crippen LogP contribution < -0.4 is 0 Å². The number of nitrogens with zero attached hydrogens (tertiary/aromatic N) is 2. The van der Waals surface area contributed by atoms with Gasteiger partial charge in [0.25, 0.3) is 0 Å². The first-order valence-electron chi connectivity index (χ1n) is 6.03. The number of carbonyl (C=O) groups excluding carboxylic acids is 1. The normalized spacial score (nSPS) is 20.9. The molecule has 0 amide bonds. The van der Waals surface area contributed by atoms with Gasteiger partial charge >= 0.3 is 0 Å². The lowest BCUT2D eigenvalue weighted by molar-refractivity contribution is 0.112. The third-order valence-corrected chi connectivity index (χ3v) is 3.76. The van der Waals surface area contributed by atoms with Gasteiger partial charge in [0.1, 0.15) is 0 Å². The number of rotatable bonds is 2. The number of aldehydes is 1. The molecule has 1 saturated carbocycles. The van der Waals surface area contributed by atoms with Crippen LogP contribution in [-0.2, 0) is 0 Å². The first-order chi connectivity index (χ1) is 7.52. The Morgan fingerprint density at radius 2 is 2.06 bits per heavy atom. The van der Waals surface area contributed by atoms with Crippen molar-refractivity contribution < 1.29 is 4.79 Å². The van der Waals surface area contributed by atoms with Crippen molar-refractivity contribution in [1.29, 1.82) is 0 Å². The van der Waals surface area contributed by atoms with E-state index < -0.39 is 0 Å². The Morgan fingerprint density at radius 1 is 1.44 bits per heavy atom. The summed E-state index contributed by atoms with van der Waals surface area (Å²) in [5, 5.41) is 4.44. The average Bonchev–Trinajstić information content (AvgIpc) is 2.59. The van der Waals surface area contributed by atoms with Crippen LogP contribution in [0.2, 0.25) is 0 Å². The van der Waals surface area contributed by atoms with E-state index in [9.17, 15) is 4.79 Å². The standard InChI is InChI=1S/C13H20N2O/c1-10-11(9-16)8-15(14-10)12-4-6-13(2,3)7-5-12/h8-9,12H,4-7H2,1-3H3. The molecule has 88 valence electrons. The van der Waals surface area contributed by atoms with Crippen molar-refractivity contribution >= 4 is 6.29 Å². The topological polar surface area (TPSA) is 34.9 Å². The highest BCUT2D eigenvalue weighted by molar-refractivity contribution is 5.75. The molecule has 0 N–H and O–H groups in total. The van der Waals surface area contributed by atoms with Crippen molar-refractivity contribution in [1.82, 2.24) is 9.78 Å². The van der Waals surface area contributed by atoms with Gasteiger partial charge in [-0.15, -0.1) is 0 Å². The first kappa shape index (κ1) is 11.4. The van der Waals surface area contributed by atoms with Gasteiger partial charge in [-0.3, -0.25) is 9.48 Å². The summed E-state index contributed by atoms with van der Waals surface area (Å²) in [6.45, 7) is 6.55. The molecule has 0 aromatic carbocycles. The minimum Gasteiger partial charge on any atom is -0.298 e. The van der Waals surface area contributed by atoms with E-state index in [0.717, 1.165) is 17.5 Å². The Balaban J connectivity index is 2.11. The summed E-state index contributed by atoms with van der Waals surface area (Å²) >= 11 is 0. The van der Waals surface area contributed by atoms with Crippen molar-refractivity contribution in [2.75, 3.05) is 0 Å². The van der Waals surface area contributed by atoms with Crippen molar-refractivity contribution in [3.05, 3.63) is 17.5 Å². The van der Waals surface area contributed by atoms with E-state index in [1.54, 1.807) is 0 Å². The molecular formula is C13H20N2O. The fourth-order valence-electron chi connectivity index (χ4n) is 2.45. The molecule has 1 aromatic heterocycles. The zero-order chi connectivity index (χ0) is 11.8. The lowest BCUT2D eigenvalue weighted by atomic mass is 9.76. The molecule has 3 nitrogen and oxygen atoms in total. The molecule has 0 atom stereocenters. The van der Waals surface area contributed by atoms with E-state index in [2.05, 4.69) is 18.9 Å². The van der Waals surface area contributed by atoms with Gasteiger partial charge in [0.2, 0.25) is 0 Å². The highest BCUT2D eigenvalue weighted by Gasteiger charge is 2.28. The van der Waals surface area contributed by atoms with Gasteiger partial charge in [-0.2, -0.15) is 5.10 Å². The van der Waals surface area contributed by atoms with Gasteiger partial charge in [0, 0.05) is 6.20 Å². The summed E-state index contributed by atoms with van der Waals surface area (Å²) in [6, 6.07) is 0.487. The van der Waals surface area contributed by atoms with Crippen LogP contribution in [0, 0.1) is 12.3 Å². The van der Waals surface area contributed by atoms with Crippen LogP contribution in [0.4, 0.5) is 0 Å². The van der Waals surface area contributed by atoms with Crippen LogP contribution in [0.1, 0.15) is 61.6 Å². The smallest absolute Gasteiger partial charge is 0.153 e. The second kappa shape index (κ2) is 4.04. The molecule has 1 heterocycles. The van der Waals surface area contributed by atoms with Gasteiger partial charge in [-0.05, 0) is 38.0 Å². The van der Waals surface area contributed by atoms with Gasteiger partial charge in [-0.25, -0.2) is 0 Å². The van der Waals surface area contributed by atoms with E-state index in [0.29, 0.717) is 11.5 Å². The number of hydrogen-bond donors (Lipinski definition) is 0. The first-order valence-corrected chi connectivity index (χ1v) is 6.03. The Morgan fingerprint density at radius 3 is 2.56 bits per heavy atom. The summed E-state index contributed by atoms with van der Waals surface area (Å²) < 4.78 is 1.99. The molecule has 0 saturated heterocycles. The third kappa shape index (κ3) is 2.18. The van der Waals surface area contributed by atoms with Crippen molar-refractivity contribution in [3.63, 3.8) is 0 Å². The molecule has 0 radical (unpaired) electrons. The van der Waals surface area contributed by atoms with Gasteiger partial charge in [-0.1, -0.05) is 13.8 Å². The Bertz CT molecular complexity index is 383. The van der Waals surface area contributed by atoms with Gasteiger partial charge in [0.15, 0.2) is 6.29 Å². The Hall–Kier alpha value is -1.12. The largest absolute Gasteiger partial charge is 0.298 e. The van der Waals surface area contributed by atoms with E-state index in [-0.39, 0.29) is 0 Å². The second-order valence-corrected chi connectivity index (χ2v) is 5.66. The van der Waals surface area contributed by atoms with Crippen LogP contribution >= 0.6 is 0 Å². The fourth-order valence-corrected chi connectivity index (χ4v) is 2.45. The average molecular weight is 220 g/mol. The number of aryl methyl sites for hydroxylation is 1. The summed E-state index contributed by atoms with van der Waals surface area (Å²) in [7, 11) is 0. The molecule has 1 fully saturated rings. The van der Waals surface area contributed by atoms with E-state index in [4.69, 9.17) is 0 Å². The quantitative estimate of drug-likeness (QED) is 0.718. The van der Waals surface area contributed by atoms with Crippen LogP contribution in [0.25, 0.3) is 0 Å². The summed E-state index contributed by atoms with van der Waals surface area (Å²) in [6.07, 6.45) is 7.62. The molecule has 3 heteroatoms. The maximum Gasteiger partial charge on any atom is 0.153 e. The van der Waals surface area contributed by atoms with Crippen LogP contribution in [0.5, 0.6) is 0 Å². The molecule has 2 rings (SSSR count). The van der Waals surface area contributed by atoms with Gasteiger partial charge in [0.05, 0.1) is 17.3 Å². The summed E-state index contributed by atoms with van der Waals surface area (Å²) in [4.78, 5) is 10.8. The van der Waals surface area contributed by atoms with Crippen LogP contribution in [0.3, 0.4) is 0 Å².